The number of nitrogens with one attached hydrogen (secondary N) is 2. The van der Waals surface area contributed by atoms with Crippen LogP contribution < -0.4 is 20.4 Å². The Morgan fingerprint density at radius 1 is 1.06 bits per heavy atom. The Kier molecular flexibility index (Phi) is 8.65. The van der Waals surface area contributed by atoms with Gasteiger partial charge in [-0.3, -0.25) is 0 Å². The second-order valence-corrected chi connectivity index (χ2v) is 7.52. The Labute approximate surface area is 203 Å². The van der Waals surface area contributed by atoms with E-state index in [0.717, 1.165) is 22.6 Å². The van der Waals surface area contributed by atoms with Crippen molar-refractivity contribution in [2.45, 2.75) is 6.92 Å². The molecular formula is C22H25Cl2N7O2. The molecule has 2 heterocycles. The van der Waals surface area contributed by atoms with Gasteiger partial charge in [0.1, 0.15) is 5.75 Å². The molecule has 0 saturated carbocycles. The maximum absolute atomic E-state index is 6.26. The summed E-state index contributed by atoms with van der Waals surface area (Å²) in [5.41, 5.74) is 5.59. The van der Waals surface area contributed by atoms with Gasteiger partial charge in [-0.2, -0.15) is 20.1 Å². The van der Waals surface area contributed by atoms with Gasteiger partial charge in [0.15, 0.2) is 0 Å². The van der Waals surface area contributed by atoms with Crippen LogP contribution >= 0.6 is 24.0 Å². The van der Waals surface area contributed by atoms with E-state index in [1.165, 1.54) is 0 Å². The van der Waals surface area contributed by atoms with Crippen molar-refractivity contribution < 1.29 is 9.47 Å². The number of hydrazone groups is 1. The number of aromatic nitrogens is 3. The number of aryl methyl sites for hydroxylation is 1. The Balaban J connectivity index is 0.00000306. The first-order valence-corrected chi connectivity index (χ1v) is 10.5. The van der Waals surface area contributed by atoms with Crippen molar-refractivity contribution in [3.8, 4) is 5.75 Å². The van der Waals surface area contributed by atoms with Crippen LogP contribution in [0.5, 0.6) is 5.75 Å². The van der Waals surface area contributed by atoms with E-state index in [9.17, 15) is 0 Å². The average Bonchev–Trinajstić information content (AvgIpc) is 2.82. The van der Waals surface area contributed by atoms with Crippen LogP contribution in [0.2, 0.25) is 5.02 Å². The number of nitrogens with zero attached hydrogens (tertiary/aromatic N) is 5. The molecule has 0 bridgehead atoms. The van der Waals surface area contributed by atoms with E-state index in [1.54, 1.807) is 13.3 Å². The number of hydrogen-bond acceptors (Lipinski definition) is 9. The molecule has 1 aromatic heterocycles. The molecule has 2 aromatic carbocycles. The number of rotatable bonds is 7. The molecule has 1 aliphatic rings. The summed E-state index contributed by atoms with van der Waals surface area (Å²) in [6.45, 7) is 4.61. The summed E-state index contributed by atoms with van der Waals surface area (Å²) < 4.78 is 10.6. The largest absolute Gasteiger partial charge is 0.497 e. The van der Waals surface area contributed by atoms with Crippen LogP contribution in [-0.2, 0) is 4.74 Å². The van der Waals surface area contributed by atoms with Crippen molar-refractivity contribution in [2.75, 3.05) is 49.1 Å². The molecular weight excluding hydrogens is 465 g/mol. The van der Waals surface area contributed by atoms with E-state index in [2.05, 4.69) is 35.7 Å². The van der Waals surface area contributed by atoms with Gasteiger partial charge in [-0.25, -0.2) is 5.43 Å². The first kappa shape index (κ1) is 24.5. The predicted octanol–water partition coefficient (Wildman–Crippen LogP) is 4.29. The molecule has 11 heteroatoms. The average molecular weight is 490 g/mol. The lowest BCUT2D eigenvalue weighted by Gasteiger charge is -2.27. The van der Waals surface area contributed by atoms with Gasteiger partial charge in [0.2, 0.25) is 17.8 Å². The van der Waals surface area contributed by atoms with Crippen LogP contribution in [0, 0.1) is 6.92 Å². The quantitative estimate of drug-likeness (QED) is 0.374. The SMILES string of the molecule is COc1ccc(/C=N/Nc2nc(Nc3ccc(C)c(Cl)c3)nc(N3CCOCC3)n2)cc1.Cl. The first-order valence-electron chi connectivity index (χ1n) is 10.2. The Hall–Kier alpha value is -3.14. The van der Waals surface area contributed by atoms with Gasteiger partial charge in [0, 0.05) is 23.8 Å². The molecule has 1 fully saturated rings. The van der Waals surface area contributed by atoms with Crippen LogP contribution in [-0.4, -0.2) is 54.6 Å². The highest BCUT2D eigenvalue weighted by Crippen LogP contribution is 2.23. The molecule has 0 spiro atoms. The summed E-state index contributed by atoms with van der Waals surface area (Å²) in [5.74, 6) is 2.05. The summed E-state index contributed by atoms with van der Waals surface area (Å²) in [6.07, 6.45) is 1.69. The van der Waals surface area contributed by atoms with Crippen molar-refractivity contribution in [1.29, 1.82) is 0 Å². The maximum Gasteiger partial charge on any atom is 0.250 e. The highest BCUT2D eigenvalue weighted by Gasteiger charge is 2.17. The van der Waals surface area contributed by atoms with Gasteiger partial charge < -0.3 is 19.7 Å². The molecule has 0 radical (unpaired) electrons. The predicted molar refractivity (Wildman–Crippen MR) is 134 cm³/mol. The van der Waals surface area contributed by atoms with E-state index in [4.69, 9.17) is 21.1 Å². The molecule has 1 aliphatic heterocycles. The molecule has 0 amide bonds. The molecule has 9 nitrogen and oxygen atoms in total. The fourth-order valence-corrected chi connectivity index (χ4v) is 3.21. The van der Waals surface area contributed by atoms with Gasteiger partial charge in [0.25, 0.3) is 0 Å². The monoisotopic (exact) mass is 489 g/mol. The van der Waals surface area contributed by atoms with Crippen molar-refractivity contribution in [3.63, 3.8) is 0 Å². The van der Waals surface area contributed by atoms with Crippen LogP contribution in [0.4, 0.5) is 23.5 Å². The van der Waals surface area contributed by atoms with Crippen LogP contribution in [0.15, 0.2) is 47.6 Å². The summed E-state index contributed by atoms with van der Waals surface area (Å²) in [5, 5.41) is 8.14. The van der Waals surface area contributed by atoms with Gasteiger partial charge in [-0.05, 0) is 54.4 Å². The van der Waals surface area contributed by atoms with Gasteiger partial charge in [-0.15, -0.1) is 12.4 Å². The zero-order chi connectivity index (χ0) is 22.3. The van der Waals surface area contributed by atoms with Crippen molar-refractivity contribution >= 4 is 53.8 Å². The number of morpholine rings is 1. The molecule has 33 heavy (non-hydrogen) atoms. The third-order valence-electron chi connectivity index (χ3n) is 4.84. The Morgan fingerprint density at radius 2 is 1.79 bits per heavy atom. The van der Waals surface area contributed by atoms with E-state index in [0.29, 0.717) is 49.2 Å². The fourth-order valence-electron chi connectivity index (χ4n) is 3.03. The summed E-state index contributed by atoms with van der Waals surface area (Å²) >= 11 is 6.26. The van der Waals surface area contributed by atoms with Gasteiger partial charge in [0.05, 0.1) is 26.5 Å². The lowest BCUT2D eigenvalue weighted by Crippen LogP contribution is -2.37. The number of halogens is 2. The minimum atomic E-state index is 0. The maximum atomic E-state index is 6.26. The van der Waals surface area contributed by atoms with E-state index < -0.39 is 0 Å². The lowest BCUT2D eigenvalue weighted by atomic mass is 10.2. The van der Waals surface area contributed by atoms with E-state index in [-0.39, 0.29) is 12.4 Å². The normalized spacial score (nSPS) is 13.5. The third kappa shape index (κ3) is 6.67. The van der Waals surface area contributed by atoms with Crippen LogP contribution in [0.3, 0.4) is 0 Å². The summed E-state index contributed by atoms with van der Waals surface area (Å²) in [7, 11) is 1.63. The second kappa shape index (κ2) is 11.6. The lowest BCUT2D eigenvalue weighted by molar-refractivity contribution is 0.122. The molecule has 174 valence electrons. The van der Waals surface area contributed by atoms with E-state index >= 15 is 0 Å². The van der Waals surface area contributed by atoms with Gasteiger partial charge in [-0.1, -0.05) is 17.7 Å². The standard InChI is InChI=1S/C22H24ClN7O2.ClH/c1-15-3-6-17(13-19(15)23)25-20-26-21(28-22(27-20)30-9-11-32-12-10-30)29-24-14-16-4-7-18(31-2)8-5-16;/h3-8,13-14H,9-12H2,1-2H3,(H2,25,26,27,28,29);1H/b24-14+;. The molecule has 2 N–H and O–H groups in total. The molecule has 0 atom stereocenters. The van der Waals surface area contributed by atoms with Gasteiger partial charge >= 0.3 is 0 Å². The summed E-state index contributed by atoms with van der Waals surface area (Å²) in [6, 6.07) is 13.3. The van der Waals surface area contributed by atoms with Crippen LogP contribution in [0.1, 0.15) is 11.1 Å². The number of anilines is 4. The molecule has 0 unspecified atom stereocenters. The highest BCUT2D eigenvalue weighted by atomic mass is 35.5. The number of hydrogen-bond donors (Lipinski definition) is 2. The summed E-state index contributed by atoms with van der Waals surface area (Å²) in [4.78, 5) is 15.6. The Bertz CT molecular complexity index is 1090. The Morgan fingerprint density at radius 3 is 2.48 bits per heavy atom. The van der Waals surface area contributed by atoms with E-state index in [1.807, 2.05) is 49.4 Å². The van der Waals surface area contributed by atoms with Crippen molar-refractivity contribution in [2.24, 2.45) is 5.10 Å². The second-order valence-electron chi connectivity index (χ2n) is 7.11. The zero-order valence-corrected chi connectivity index (χ0v) is 19.9. The highest BCUT2D eigenvalue weighted by molar-refractivity contribution is 6.31. The molecule has 4 rings (SSSR count). The first-order chi connectivity index (χ1) is 15.6. The molecule has 3 aromatic rings. The molecule has 0 aliphatic carbocycles. The van der Waals surface area contributed by atoms with Crippen LogP contribution in [0.25, 0.3) is 0 Å². The topological polar surface area (TPSA) is 96.8 Å². The fraction of sp³-hybridized carbons (Fsp3) is 0.273. The number of ether oxygens (including phenoxy) is 2. The minimum absolute atomic E-state index is 0. The zero-order valence-electron chi connectivity index (χ0n) is 18.3. The van der Waals surface area contributed by atoms with Crippen molar-refractivity contribution in [1.82, 2.24) is 15.0 Å². The minimum Gasteiger partial charge on any atom is -0.497 e. The number of methoxy groups -OCH3 is 1. The number of benzene rings is 2. The van der Waals surface area contributed by atoms with Crippen molar-refractivity contribution in [3.05, 3.63) is 58.6 Å². The smallest absolute Gasteiger partial charge is 0.250 e. The molecule has 1 saturated heterocycles. The third-order valence-corrected chi connectivity index (χ3v) is 5.25.